The van der Waals surface area contributed by atoms with Gasteiger partial charge < -0.3 is 20.1 Å². The molecule has 1 aromatic carbocycles. The number of halogens is 1. The first-order valence-corrected chi connectivity index (χ1v) is 14.1. The van der Waals surface area contributed by atoms with E-state index >= 15 is 4.39 Å². The quantitative estimate of drug-likeness (QED) is 0.276. The van der Waals surface area contributed by atoms with Crippen LogP contribution in [0.4, 0.5) is 10.2 Å². The molecule has 2 fully saturated rings. The summed E-state index contributed by atoms with van der Waals surface area (Å²) in [5, 5.41) is 18.4. The number of aromatic amines is 1. The Hall–Kier alpha value is -4.61. The Morgan fingerprint density at radius 3 is 2.76 bits per heavy atom. The zero-order valence-electron chi connectivity index (χ0n) is 23.8. The molecule has 3 aromatic heterocycles. The van der Waals surface area contributed by atoms with Crippen molar-refractivity contribution in [2.24, 2.45) is 0 Å². The smallest absolute Gasteiger partial charge is 0.293 e. The number of anilines is 1. The molecule has 42 heavy (non-hydrogen) atoms. The number of nitrogens with zero attached hydrogens (tertiary/aromatic N) is 5. The molecule has 3 N–H and O–H groups in total. The molecule has 2 amide bonds. The molecule has 11 nitrogen and oxygen atoms in total. The van der Waals surface area contributed by atoms with Crippen molar-refractivity contribution in [1.29, 1.82) is 0 Å². The van der Waals surface area contributed by atoms with Crippen molar-refractivity contribution in [2.45, 2.75) is 63.5 Å². The summed E-state index contributed by atoms with van der Waals surface area (Å²) in [6.07, 6.45) is 5.92. The molecule has 0 radical (unpaired) electrons. The molecule has 6 rings (SSSR count). The highest BCUT2D eigenvalue weighted by molar-refractivity contribution is 6.00. The van der Waals surface area contributed by atoms with Crippen LogP contribution in [0.25, 0.3) is 22.2 Å². The zero-order chi connectivity index (χ0) is 29.6. The molecule has 1 aliphatic heterocycles. The van der Waals surface area contributed by atoms with Gasteiger partial charge in [-0.15, -0.1) is 0 Å². The van der Waals surface area contributed by atoms with Gasteiger partial charge in [0.15, 0.2) is 11.5 Å². The van der Waals surface area contributed by atoms with Gasteiger partial charge in [-0.1, -0.05) is 44.6 Å². The molecule has 12 heteroatoms. The van der Waals surface area contributed by atoms with Gasteiger partial charge in [0.25, 0.3) is 11.7 Å². The van der Waals surface area contributed by atoms with Crippen molar-refractivity contribution < 1.29 is 18.5 Å². The van der Waals surface area contributed by atoms with Crippen LogP contribution in [0.2, 0.25) is 0 Å². The zero-order valence-corrected chi connectivity index (χ0v) is 23.8. The highest BCUT2D eigenvalue weighted by Crippen LogP contribution is 2.47. The highest BCUT2D eigenvalue weighted by atomic mass is 19.1. The van der Waals surface area contributed by atoms with E-state index in [9.17, 15) is 9.59 Å². The van der Waals surface area contributed by atoms with Gasteiger partial charge in [0.05, 0.1) is 10.9 Å². The number of benzene rings is 1. The van der Waals surface area contributed by atoms with Gasteiger partial charge in [0.1, 0.15) is 5.82 Å². The predicted molar refractivity (Wildman–Crippen MR) is 154 cm³/mol. The number of aromatic nitrogens is 5. The lowest BCUT2D eigenvalue weighted by Crippen LogP contribution is -2.44. The lowest BCUT2D eigenvalue weighted by Gasteiger charge is -2.32. The summed E-state index contributed by atoms with van der Waals surface area (Å²) in [6.45, 7) is 10.6. The number of rotatable bonds is 7. The van der Waals surface area contributed by atoms with E-state index in [0.717, 1.165) is 23.8 Å². The maximum Gasteiger partial charge on any atom is 0.293 e. The summed E-state index contributed by atoms with van der Waals surface area (Å²) in [5.74, 6) is -0.147. The molecule has 2 aliphatic rings. The van der Waals surface area contributed by atoms with Crippen molar-refractivity contribution in [1.82, 2.24) is 35.5 Å². The van der Waals surface area contributed by atoms with Crippen LogP contribution >= 0.6 is 0 Å². The minimum atomic E-state index is -0.826. The van der Waals surface area contributed by atoms with Gasteiger partial charge in [-0.05, 0) is 55.0 Å². The van der Waals surface area contributed by atoms with Crippen LogP contribution in [-0.4, -0.2) is 61.2 Å². The fourth-order valence-corrected chi connectivity index (χ4v) is 5.46. The highest BCUT2D eigenvalue weighted by Gasteiger charge is 2.48. The number of likely N-dealkylation sites (tertiary alicyclic amines) is 1. The first-order valence-electron chi connectivity index (χ1n) is 14.1. The van der Waals surface area contributed by atoms with Crippen LogP contribution in [0, 0.1) is 5.82 Å². The largest absolute Gasteiger partial charge is 0.364 e. The van der Waals surface area contributed by atoms with Gasteiger partial charge in [-0.25, -0.2) is 9.37 Å². The number of carbonyl (C=O) groups excluding carboxylic acids is 2. The Bertz CT molecular complexity index is 1680. The predicted octanol–water partition coefficient (Wildman–Crippen LogP) is 4.45. The van der Waals surface area contributed by atoms with Gasteiger partial charge in [0.2, 0.25) is 11.8 Å². The van der Waals surface area contributed by atoms with Crippen molar-refractivity contribution in [3.8, 4) is 11.1 Å². The Balaban J connectivity index is 1.24. The Kier molecular flexibility index (Phi) is 6.78. The van der Waals surface area contributed by atoms with E-state index in [1.165, 1.54) is 12.1 Å². The normalized spacial score (nSPS) is 18.1. The number of hydrogen-bond donors (Lipinski definition) is 3. The summed E-state index contributed by atoms with van der Waals surface area (Å²) < 4.78 is 21.0. The van der Waals surface area contributed by atoms with E-state index < -0.39 is 22.7 Å². The number of carbonyl (C=O) groups is 2. The average molecular weight is 573 g/mol. The van der Waals surface area contributed by atoms with E-state index in [1.54, 1.807) is 17.2 Å². The SMILES string of the molecule is C=CC(=O)N1CCC[C@@H](Nc2n[nH]c3nccc(-c4ccc(C5(NC(=O)c6noc(C(C)(C)C)n6)CC5)c(F)c4)c23)C1. The van der Waals surface area contributed by atoms with Crippen LogP contribution in [0.3, 0.4) is 0 Å². The fourth-order valence-electron chi connectivity index (χ4n) is 5.46. The number of nitrogens with one attached hydrogen (secondary N) is 3. The molecule has 1 saturated heterocycles. The van der Waals surface area contributed by atoms with Crippen LogP contribution in [0.5, 0.6) is 0 Å². The number of hydrogen-bond acceptors (Lipinski definition) is 8. The standard InChI is InChI=1S/C30H33FN8O3/c1-5-22(40)39-14-6-7-18(16-39)33-25-23-19(10-13-32-24(23)36-37-25)17-8-9-20(21(31)15-17)30(11-12-30)35-27(41)26-34-28(42-38-26)29(2,3)4/h5,8-10,13,15,18H,1,6-7,11-12,14,16H2,2-4H3,(H,35,41)(H2,32,33,36,37)/t18-/m1/s1. The fraction of sp³-hybridized carbons (Fsp3) is 0.400. The molecule has 1 aliphatic carbocycles. The molecule has 4 aromatic rings. The number of amides is 2. The van der Waals surface area contributed by atoms with E-state index in [-0.39, 0.29) is 17.8 Å². The lowest BCUT2D eigenvalue weighted by molar-refractivity contribution is -0.127. The van der Waals surface area contributed by atoms with Gasteiger partial charge in [-0.3, -0.25) is 14.7 Å². The third kappa shape index (κ3) is 5.12. The van der Waals surface area contributed by atoms with E-state index in [1.807, 2.05) is 32.9 Å². The van der Waals surface area contributed by atoms with Gasteiger partial charge in [-0.2, -0.15) is 10.1 Å². The topological polar surface area (TPSA) is 142 Å². The molecule has 0 spiro atoms. The Morgan fingerprint density at radius 1 is 1.26 bits per heavy atom. The third-order valence-electron chi connectivity index (χ3n) is 7.88. The average Bonchev–Trinajstić information content (AvgIpc) is 3.36. The first kappa shape index (κ1) is 27.6. The van der Waals surface area contributed by atoms with E-state index in [0.29, 0.717) is 54.4 Å². The summed E-state index contributed by atoms with van der Waals surface area (Å²) in [4.78, 5) is 35.5. The summed E-state index contributed by atoms with van der Waals surface area (Å²) in [7, 11) is 0. The second-order valence-corrected chi connectivity index (χ2v) is 12.0. The van der Waals surface area contributed by atoms with Gasteiger partial charge in [0, 0.05) is 36.3 Å². The van der Waals surface area contributed by atoms with Crippen molar-refractivity contribution in [2.75, 3.05) is 18.4 Å². The lowest BCUT2D eigenvalue weighted by atomic mass is 9.97. The van der Waals surface area contributed by atoms with Crippen molar-refractivity contribution in [3.05, 3.63) is 66.2 Å². The molecular formula is C30H33FN8O3. The maximum absolute atomic E-state index is 15.7. The number of fused-ring (bicyclic) bond motifs is 1. The van der Waals surface area contributed by atoms with Crippen LogP contribution < -0.4 is 10.6 Å². The minimum absolute atomic E-state index is 0.00154. The Labute approximate surface area is 242 Å². The molecule has 1 atom stereocenters. The number of H-pyrrole nitrogens is 1. The minimum Gasteiger partial charge on any atom is -0.364 e. The first-order chi connectivity index (χ1) is 20.1. The summed E-state index contributed by atoms with van der Waals surface area (Å²) >= 11 is 0. The van der Waals surface area contributed by atoms with Crippen molar-refractivity contribution >= 4 is 28.7 Å². The second-order valence-electron chi connectivity index (χ2n) is 12.0. The molecule has 0 unspecified atom stereocenters. The van der Waals surface area contributed by atoms with E-state index in [2.05, 4.69) is 42.5 Å². The number of pyridine rings is 1. The molecular weight excluding hydrogens is 539 g/mol. The monoisotopic (exact) mass is 572 g/mol. The summed E-state index contributed by atoms with van der Waals surface area (Å²) in [6, 6.07) is 6.85. The molecule has 218 valence electrons. The van der Waals surface area contributed by atoms with Crippen LogP contribution in [-0.2, 0) is 15.7 Å². The van der Waals surface area contributed by atoms with Crippen molar-refractivity contribution in [3.63, 3.8) is 0 Å². The summed E-state index contributed by atoms with van der Waals surface area (Å²) in [5.41, 5.74) is 1.16. The molecule has 0 bridgehead atoms. The number of piperidine rings is 1. The van der Waals surface area contributed by atoms with E-state index in [4.69, 9.17) is 4.52 Å². The van der Waals surface area contributed by atoms with Crippen LogP contribution in [0.1, 0.15) is 68.5 Å². The third-order valence-corrected chi connectivity index (χ3v) is 7.88. The molecule has 4 heterocycles. The van der Waals surface area contributed by atoms with Crippen LogP contribution in [0.15, 0.2) is 47.6 Å². The maximum atomic E-state index is 15.7. The second kappa shape index (κ2) is 10.3. The Morgan fingerprint density at radius 2 is 2.07 bits per heavy atom. The molecule has 1 saturated carbocycles. The van der Waals surface area contributed by atoms with Gasteiger partial charge >= 0.3 is 0 Å².